The summed E-state index contributed by atoms with van der Waals surface area (Å²) in [7, 11) is 0. The minimum Gasteiger partial charge on any atom is -0.442 e. The van der Waals surface area contributed by atoms with E-state index in [9.17, 15) is 14.0 Å². The zero-order chi connectivity index (χ0) is 19.2. The van der Waals surface area contributed by atoms with E-state index < -0.39 is 23.8 Å². The van der Waals surface area contributed by atoms with E-state index in [0.29, 0.717) is 11.3 Å². The molecule has 0 saturated carbocycles. The van der Waals surface area contributed by atoms with Crippen LogP contribution in [0.3, 0.4) is 0 Å². The number of ether oxygens (including phenoxy) is 1. The summed E-state index contributed by atoms with van der Waals surface area (Å²) in [5.74, 6) is -2.03. The minimum absolute atomic E-state index is 0.103. The van der Waals surface area contributed by atoms with Gasteiger partial charge in [0.1, 0.15) is 5.82 Å². The average Bonchev–Trinajstić information content (AvgIpc) is 2.68. The summed E-state index contributed by atoms with van der Waals surface area (Å²) in [6, 6.07) is 13.7. The van der Waals surface area contributed by atoms with Gasteiger partial charge in [-0.05, 0) is 24.3 Å². The van der Waals surface area contributed by atoms with Gasteiger partial charge < -0.3 is 15.8 Å². The summed E-state index contributed by atoms with van der Waals surface area (Å²) in [5.41, 5.74) is 6.26. The van der Waals surface area contributed by atoms with Gasteiger partial charge in [0.2, 0.25) is 6.10 Å². The molecule has 0 aliphatic heterocycles. The molecule has 0 spiro atoms. The first-order valence-corrected chi connectivity index (χ1v) is 7.93. The molecule has 2 aromatic carbocycles. The van der Waals surface area contributed by atoms with Crippen LogP contribution in [0.25, 0.3) is 0 Å². The normalized spacial score (nSPS) is 11.4. The van der Waals surface area contributed by atoms with Crippen molar-refractivity contribution in [2.45, 2.75) is 6.10 Å². The first kappa shape index (κ1) is 18.0. The molecule has 8 heteroatoms. The molecule has 7 nitrogen and oxygen atoms in total. The molecule has 3 rings (SSSR count). The Kier molecular flexibility index (Phi) is 5.36. The highest BCUT2D eigenvalue weighted by Gasteiger charge is 2.27. The Hall–Kier alpha value is -3.81. The molecular weight excluding hydrogens is 351 g/mol. The predicted octanol–water partition coefficient (Wildman–Crippen LogP) is 2.73. The van der Waals surface area contributed by atoms with Crippen molar-refractivity contribution >= 4 is 23.4 Å². The summed E-state index contributed by atoms with van der Waals surface area (Å²) in [6.45, 7) is 0. The summed E-state index contributed by atoms with van der Waals surface area (Å²) in [4.78, 5) is 32.7. The van der Waals surface area contributed by atoms with Crippen LogP contribution in [-0.4, -0.2) is 21.8 Å². The van der Waals surface area contributed by atoms with Gasteiger partial charge in [-0.25, -0.2) is 19.2 Å². The topological polar surface area (TPSA) is 107 Å². The number of esters is 1. The lowest BCUT2D eigenvalue weighted by Gasteiger charge is -2.18. The Labute approximate surface area is 154 Å². The average molecular weight is 366 g/mol. The number of rotatable bonds is 5. The second kappa shape index (κ2) is 8.05. The third-order valence-electron chi connectivity index (χ3n) is 3.60. The molecule has 0 saturated heterocycles. The Morgan fingerprint density at radius 1 is 1.00 bits per heavy atom. The molecule has 3 aromatic rings. The van der Waals surface area contributed by atoms with E-state index in [1.54, 1.807) is 30.3 Å². The van der Waals surface area contributed by atoms with Crippen LogP contribution in [0.2, 0.25) is 0 Å². The van der Waals surface area contributed by atoms with Crippen molar-refractivity contribution in [1.29, 1.82) is 0 Å². The molecule has 0 aliphatic carbocycles. The molecule has 0 radical (unpaired) electrons. The molecule has 1 heterocycles. The highest BCUT2D eigenvalue weighted by molar-refractivity contribution is 5.98. The van der Waals surface area contributed by atoms with Crippen LogP contribution in [0.5, 0.6) is 0 Å². The highest BCUT2D eigenvalue weighted by Crippen LogP contribution is 2.22. The smallest absolute Gasteiger partial charge is 0.361 e. The molecule has 136 valence electrons. The van der Waals surface area contributed by atoms with E-state index >= 15 is 0 Å². The zero-order valence-corrected chi connectivity index (χ0v) is 14.0. The molecule has 0 fully saturated rings. The number of nitrogens with one attached hydrogen (secondary N) is 1. The van der Waals surface area contributed by atoms with Crippen LogP contribution >= 0.6 is 0 Å². The first-order valence-electron chi connectivity index (χ1n) is 7.93. The number of carbonyl (C=O) groups is 2. The van der Waals surface area contributed by atoms with Crippen molar-refractivity contribution in [3.8, 4) is 0 Å². The summed E-state index contributed by atoms with van der Waals surface area (Å²) < 4.78 is 18.4. The Balaban J connectivity index is 1.85. The second-order valence-corrected chi connectivity index (χ2v) is 5.48. The number of nitrogens with zero attached hydrogens (tertiary/aromatic N) is 2. The molecular formula is C19H15FN4O3. The maximum absolute atomic E-state index is 13.0. The maximum atomic E-state index is 13.0. The third kappa shape index (κ3) is 4.43. The monoisotopic (exact) mass is 366 g/mol. The van der Waals surface area contributed by atoms with Crippen molar-refractivity contribution in [3.63, 3.8) is 0 Å². The van der Waals surface area contributed by atoms with Crippen molar-refractivity contribution in [2.24, 2.45) is 0 Å². The van der Waals surface area contributed by atoms with Crippen molar-refractivity contribution < 1.29 is 18.7 Å². The fourth-order valence-corrected chi connectivity index (χ4v) is 2.31. The van der Waals surface area contributed by atoms with E-state index in [0.717, 1.165) is 0 Å². The zero-order valence-electron chi connectivity index (χ0n) is 14.0. The number of nitrogen functional groups attached to an aromatic ring is 1. The number of nitrogens with two attached hydrogens (primary N) is 1. The Morgan fingerprint density at radius 2 is 1.67 bits per heavy atom. The molecule has 1 aromatic heterocycles. The van der Waals surface area contributed by atoms with Gasteiger partial charge in [-0.15, -0.1) is 0 Å². The number of halogens is 1. The molecule has 3 N–H and O–H groups in total. The molecule has 0 unspecified atom stereocenters. The molecule has 0 bridgehead atoms. The van der Waals surface area contributed by atoms with Gasteiger partial charge in [0, 0.05) is 23.6 Å². The van der Waals surface area contributed by atoms with Crippen LogP contribution in [0.4, 0.5) is 15.9 Å². The first-order chi connectivity index (χ1) is 13.0. The van der Waals surface area contributed by atoms with E-state index in [2.05, 4.69) is 15.3 Å². The standard InChI is InChI=1S/C19H15FN4O3/c20-13-6-8-14(9-7-13)24-18(25)16(12-4-2-1-3-5-12)27-19(26)15-17(21)23-11-10-22-15/h1-11,16H,(H2,21,23)(H,24,25)/t16-/m0/s1. The predicted molar refractivity (Wildman–Crippen MR) is 96.1 cm³/mol. The second-order valence-electron chi connectivity index (χ2n) is 5.48. The van der Waals surface area contributed by atoms with E-state index in [1.807, 2.05) is 0 Å². The van der Waals surface area contributed by atoms with Gasteiger partial charge in [0.15, 0.2) is 11.5 Å². The Morgan fingerprint density at radius 3 is 2.33 bits per heavy atom. The van der Waals surface area contributed by atoms with E-state index in [1.165, 1.54) is 36.7 Å². The van der Waals surface area contributed by atoms with Crippen molar-refractivity contribution in [3.05, 3.63) is 84.1 Å². The van der Waals surface area contributed by atoms with Crippen LogP contribution in [-0.2, 0) is 9.53 Å². The van der Waals surface area contributed by atoms with E-state index in [-0.39, 0.29) is 11.5 Å². The summed E-state index contributed by atoms with van der Waals surface area (Å²) in [5, 5.41) is 2.59. The van der Waals surface area contributed by atoms with Gasteiger partial charge in [0.05, 0.1) is 0 Å². The lowest BCUT2D eigenvalue weighted by molar-refractivity contribution is -0.125. The largest absolute Gasteiger partial charge is 0.442 e. The SMILES string of the molecule is Nc1nccnc1C(=O)O[C@H](C(=O)Nc1ccc(F)cc1)c1ccccc1. The molecule has 1 amide bonds. The number of hydrogen-bond acceptors (Lipinski definition) is 6. The quantitative estimate of drug-likeness (QED) is 0.673. The lowest BCUT2D eigenvalue weighted by atomic mass is 10.1. The van der Waals surface area contributed by atoms with Crippen LogP contribution < -0.4 is 11.1 Å². The molecule has 27 heavy (non-hydrogen) atoms. The summed E-state index contributed by atoms with van der Waals surface area (Å²) in [6.07, 6.45) is 1.37. The number of aromatic nitrogens is 2. The van der Waals surface area contributed by atoms with Crippen molar-refractivity contribution in [1.82, 2.24) is 9.97 Å². The maximum Gasteiger partial charge on any atom is 0.361 e. The fourth-order valence-electron chi connectivity index (χ4n) is 2.31. The van der Waals surface area contributed by atoms with Gasteiger partial charge in [-0.3, -0.25) is 4.79 Å². The molecule has 1 atom stereocenters. The number of anilines is 2. The molecule has 0 aliphatic rings. The third-order valence-corrected chi connectivity index (χ3v) is 3.60. The number of carbonyl (C=O) groups excluding carboxylic acids is 2. The minimum atomic E-state index is -1.26. The summed E-state index contributed by atoms with van der Waals surface area (Å²) >= 11 is 0. The Bertz CT molecular complexity index is 949. The highest BCUT2D eigenvalue weighted by atomic mass is 19.1. The van der Waals surface area contributed by atoms with Gasteiger partial charge in [0.25, 0.3) is 5.91 Å². The number of amides is 1. The fraction of sp³-hybridized carbons (Fsp3) is 0.0526. The van der Waals surface area contributed by atoms with Gasteiger partial charge in [-0.1, -0.05) is 30.3 Å². The van der Waals surface area contributed by atoms with Crippen LogP contribution in [0, 0.1) is 5.82 Å². The van der Waals surface area contributed by atoms with Gasteiger partial charge >= 0.3 is 5.97 Å². The van der Waals surface area contributed by atoms with Gasteiger partial charge in [-0.2, -0.15) is 0 Å². The number of benzene rings is 2. The number of hydrogen-bond donors (Lipinski definition) is 2. The van der Waals surface area contributed by atoms with E-state index in [4.69, 9.17) is 10.5 Å². The van der Waals surface area contributed by atoms with Crippen LogP contribution in [0.15, 0.2) is 67.0 Å². The van der Waals surface area contributed by atoms with Crippen molar-refractivity contribution in [2.75, 3.05) is 11.1 Å². The van der Waals surface area contributed by atoms with Crippen LogP contribution in [0.1, 0.15) is 22.2 Å². The lowest BCUT2D eigenvalue weighted by Crippen LogP contribution is -2.26.